The fourth-order valence-electron chi connectivity index (χ4n) is 0.694. The molecule has 0 spiro atoms. The lowest BCUT2D eigenvalue weighted by atomic mass is 10.4. The van der Waals surface area contributed by atoms with Crippen LogP contribution in [0.4, 0.5) is 0 Å². The van der Waals surface area contributed by atoms with Crippen molar-refractivity contribution in [3.8, 4) is 6.07 Å². The van der Waals surface area contributed by atoms with Gasteiger partial charge in [-0.25, -0.2) is 0 Å². The molecule has 0 radical (unpaired) electrons. The summed E-state index contributed by atoms with van der Waals surface area (Å²) < 4.78 is 1.52. The van der Waals surface area contributed by atoms with Gasteiger partial charge >= 0.3 is 0 Å². The molecule has 1 heterocycles. The number of rotatable bonds is 1. The molecule has 0 saturated carbocycles. The van der Waals surface area contributed by atoms with E-state index in [0.29, 0.717) is 5.69 Å². The van der Waals surface area contributed by atoms with Crippen LogP contribution < -0.4 is 0 Å². The molecule has 3 nitrogen and oxygen atoms in total. The Kier molecular flexibility index (Phi) is 1.55. The first-order chi connectivity index (χ1) is 4.77. The van der Waals surface area contributed by atoms with Crippen molar-refractivity contribution in [1.82, 2.24) is 9.78 Å². The molecule has 0 aliphatic heterocycles. The van der Waals surface area contributed by atoms with E-state index in [4.69, 9.17) is 5.26 Å². The molecule has 1 aromatic rings. The molecular weight excluding hydrogens is 126 g/mol. The van der Waals surface area contributed by atoms with E-state index in [1.165, 1.54) is 4.68 Å². The number of aryl methyl sites for hydroxylation is 1. The molecule has 10 heavy (non-hydrogen) atoms. The van der Waals surface area contributed by atoms with Gasteiger partial charge in [-0.3, -0.25) is 4.68 Å². The quantitative estimate of drug-likeness (QED) is 0.572. The third-order valence-electron chi connectivity index (χ3n) is 1.22. The molecular formula is C7H7N3. The van der Waals surface area contributed by atoms with Crippen molar-refractivity contribution in [3.63, 3.8) is 0 Å². The molecule has 50 valence electrons. The van der Waals surface area contributed by atoms with E-state index in [2.05, 4.69) is 11.7 Å². The number of hydrogen-bond donors (Lipinski definition) is 0. The van der Waals surface area contributed by atoms with Crippen molar-refractivity contribution in [2.24, 2.45) is 7.05 Å². The van der Waals surface area contributed by atoms with Crippen molar-refractivity contribution in [2.75, 3.05) is 0 Å². The Morgan fingerprint density at radius 1 is 1.90 bits per heavy atom. The summed E-state index contributed by atoms with van der Waals surface area (Å²) in [6.07, 6.45) is 1.61. The van der Waals surface area contributed by atoms with E-state index >= 15 is 0 Å². The third kappa shape index (κ3) is 0.914. The molecule has 0 atom stereocenters. The van der Waals surface area contributed by atoms with Crippen molar-refractivity contribution in [3.05, 3.63) is 24.0 Å². The highest BCUT2D eigenvalue weighted by molar-refractivity contribution is 5.43. The van der Waals surface area contributed by atoms with Crippen LogP contribution in [-0.4, -0.2) is 9.78 Å². The Labute approximate surface area is 59.2 Å². The van der Waals surface area contributed by atoms with E-state index in [0.717, 1.165) is 5.69 Å². The standard InChI is InChI=1S/C7H7N3/c1-3-6-4-7(5-8)10(2)9-6/h3-4H,1H2,2H3. The minimum Gasteiger partial charge on any atom is -0.257 e. The van der Waals surface area contributed by atoms with Gasteiger partial charge in [0.05, 0.1) is 5.69 Å². The summed E-state index contributed by atoms with van der Waals surface area (Å²) in [7, 11) is 1.73. The van der Waals surface area contributed by atoms with Crippen molar-refractivity contribution in [1.29, 1.82) is 5.26 Å². The Bertz CT molecular complexity index is 290. The second-order valence-corrected chi connectivity index (χ2v) is 1.89. The topological polar surface area (TPSA) is 41.6 Å². The largest absolute Gasteiger partial charge is 0.257 e. The van der Waals surface area contributed by atoms with Crippen LogP contribution in [0.5, 0.6) is 0 Å². The Morgan fingerprint density at radius 2 is 2.60 bits per heavy atom. The van der Waals surface area contributed by atoms with Gasteiger partial charge in [0.25, 0.3) is 0 Å². The van der Waals surface area contributed by atoms with Crippen LogP contribution in [0.3, 0.4) is 0 Å². The normalized spacial score (nSPS) is 8.80. The van der Waals surface area contributed by atoms with Crippen LogP contribution in [-0.2, 0) is 7.05 Å². The molecule has 0 fully saturated rings. The zero-order valence-electron chi connectivity index (χ0n) is 5.70. The maximum absolute atomic E-state index is 8.48. The van der Waals surface area contributed by atoms with Gasteiger partial charge in [-0.1, -0.05) is 6.58 Å². The highest BCUT2D eigenvalue weighted by Crippen LogP contribution is 2.01. The van der Waals surface area contributed by atoms with Crippen molar-refractivity contribution in [2.45, 2.75) is 0 Å². The first-order valence-electron chi connectivity index (χ1n) is 2.84. The van der Waals surface area contributed by atoms with Gasteiger partial charge in [-0.05, 0) is 6.08 Å². The fourth-order valence-corrected chi connectivity index (χ4v) is 0.694. The first-order valence-corrected chi connectivity index (χ1v) is 2.84. The summed E-state index contributed by atoms with van der Waals surface area (Å²) in [5, 5.41) is 12.5. The van der Waals surface area contributed by atoms with Crippen molar-refractivity contribution < 1.29 is 0 Å². The summed E-state index contributed by atoms with van der Waals surface area (Å²) in [5.41, 5.74) is 1.29. The number of nitrogens with zero attached hydrogens (tertiary/aromatic N) is 3. The van der Waals surface area contributed by atoms with Crippen LogP contribution in [0.1, 0.15) is 11.4 Å². The zero-order valence-corrected chi connectivity index (χ0v) is 5.70. The van der Waals surface area contributed by atoms with Crippen LogP contribution >= 0.6 is 0 Å². The van der Waals surface area contributed by atoms with Crippen LogP contribution in [0, 0.1) is 11.3 Å². The van der Waals surface area contributed by atoms with Crippen LogP contribution in [0.15, 0.2) is 12.6 Å². The molecule has 3 heteroatoms. The Morgan fingerprint density at radius 3 is 2.90 bits per heavy atom. The Hall–Kier alpha value is -1.56. The highest BCUT2D eigenvalue weighted by atomic mass is 15.3. The monoisotopic (exact) mass is 133 g/mol. The number of hydrogen-bond acceptors (Lipinski definition) is 2. The molecule has 1 aromatic heterocycles. The lowest BCUT2D eigenvalue weighted by Crippen LogP contribution is -1.92. The summed E-state index contributed by atoms with van der Waals surface area (Å²) in [6, 6.07) is 3.69. The van der Waals surface area contributed by atoms with E-state index in [-0.39, 0.29) is 0 Å². The van der Waals surface area contributed by atoms with E-state index in [1.807, 2.05) is 6.07 Å². The molecule has 0 saturated heterocycles. The smallest absolute Gasteiger partial charge is 0.138 e. The van der Waals surface area contributed by atoms with Gasteiger partial charge in [0.15, 0.2) is 0 Å². The molecule has 0 bridgehead atoms. The molecule has 0 aliphatic carbocycles. The predicted molar refractivity (Wildman–Crippen MR) is 38.0 cm³/mol. The average Bonchev–Trinajstić information content (AvgIpc) is 2.30. The molecule has 0 aliphatic rings. The second kappa shape index (κ2) is 2.36. The Balaban J connectivity index is 3.19. The summed E-state index contributed by atoms with van der Waals surface area (Å²) in [6.45, 7) is 3.53. The minimum atomic E-state index is 0.551. The van der Waals surface area contributed by atoms with Gasteiger partial charge in [-0.15, -0.1) is 0 Å². The molecule has 1 rings (SSSR count). The lowest BCUT2D eigenvalue weighted by molar-refractivity contribution is 0.753. The minimum absolute atomic E-state index is 0.551. The summed E-state index contributed by atoms with van der Waals surface area (Å²) in [4.78, 5) is 0. The highest BCUT2D eigenvalue weighted by Gasteiger charge is 1.98. The number of nitriles is 1. The molecule has 0 unspecified atom stereocenters. The van der Waals surface area contributed by atoms with E-state index in [9.17, 15) is 0 Å². The van der Waals surface area contributed by atoms with Gasteiger partial charge in [0, 0.05) is 13.1 Å². The maximum Gasteiger partial charge on any atom is 0.138 e. The van der Waals surface area contributed by atoms with E-state index in [1.54, 1.807) is 19.2 Å². The first kappa shape index (κ1) is 6.56. The molecule has 0 N–H and O–H groups in total. The summed E-state index contributed by atoms with van der Waals surface area (Å²) in [5.74, 6) is 0. The van der Waals surface area contributed by atoms with Crippen molar-refractivity contribution >= 4 is 6.08 Å². The van der Waals surface area contributed by atoms with Crippen LogP contribution in [0.25, 0.3) is 6.08 Å². The summed E-state index contributed by atoms with van der Waals surface area (Å²) >= 11 is 0. The van der Waals surface area contributed by atoms with E-state index < -0.39 is 0 Å². The molecule has 0 amide bonds. The van der Waals surface area contributed by atoms with Gasteiger partial charge in [-0.2, -0.15) is 10.4 Å². The maximum atomic E-state index is 8.48. The number of aromatic nitrogens is 2. The van der Waals surface area contributed by atoms with Crippen LogP contribution in [0.2, 0.25) is 0 Å². The third-order valence-corrected chi connectivity index (χ3v) is 1.22. The zero-order chi connectivity index (χ0) is 7.56. The predicted octanol–water partition coefficient (Wildman–Crippen LogP) is 0.935. The SMILES string of the molecule is C=Cc1cc(C#N)n(C)n1. The van der Waals surface area contributed by atoms with Gasteiger partial charge in [0.1, 0.15) is 11.8 Å². The molecule has 0 aromatic carbocycles. The lowest BCUT2D eigenvalue weighted by Gasteiger charge is -1.85. The van der Waals surface area contributed by atoms with Gasteiger partial charge in [0.2, 0.25) is 0 Å². The average molecular weight is 133 g/mol. The fraction of sp³-hybridized carbons (Fsp3) is 0.143. The van der Waals surface area contributed by atoms with Gasteiger partial charge < -0.3 is 0 Å². The second-order valence-electron chi connectivity index (χ2n) is 1.89.